The lowest BCUT2D eigenvalue weighted by atomic mass is 10.1. The van der Waals surface area contributed by atoms with Gasteiger partial charge in [-0.15, -0.1) is 11.3 Å². The lowest BCUT2D eigenvalue weighted by molar-refractivity contribution is 0.103. The third-order valence-corrected chi connectivity index (χ3v) is 6.75. The number of amides is 1. The van der Waals surface area contributed by atoms with Gasteiger partial charge in [-0.3, -0.25) is 4.79 Å². The Morgan fingerprint density at radius 2 is 1.54 bits per heavy atom. The van der Waals surface area contributed by atoms with Crippen LogP contribution in [0, 0.1) is 0 Å². The Hall–Kier alpha value is -2.82. The average molecular weight is 405 g/mol. The first-order chi connectivity index (χ1) is 13.7. The van der Waals surface area contributed by atoms with E-state index in [2.05, 4.69) is 34.5 Å². The lowest BCUT2D eigenvalue weighted by Crippen LogP contribution is -2.15. The zero-order chi connectivity index (χ0) is 19.1. The molecular weight excluding hydrogens is 388 g/mol. The van der Waals surface area contributed by atoms with Gasteiger partial charge in [-0.2, -0.15) is 0 Å². The van der Waals surface area contributed by atoms with Gasteiger partial charge in [0, 0.05) is 34.6 Å². The van der Waals surface area contributed by atoms with E-state index in [1.54, 1.807) is 0 Å². The van der Waals surface area contributed by atoms with Crippen LogP contribution < -0.4 is 10.2 Å². The van der Waals surface area contributed by atoms with Crippen LogP contribution in [-0.2, 0) is 13.1 Å². The van der Waals surface area contributed by atoms with Crippen molar-refractivity contribution < 1.29 is 4.79 Å². The summed E-state index contributed by atoms with van der Waals surface area (Å²) in [6, 6.07) is 24.3. The molecule has 0 unspecified atom stereocenters. The molecule has 0 saturated carbocycles. The van der Waals surface area contributed by atoms with E-state index in [0.29, 0.717) is 9.90 Å². The van der Waals surface area contributed by atoms with E-state index in [1.807, 2.05) is 48.5 Å². The smallest absolute Gasteiger partial charge is 0.267 e. The summed E-state index contributed by atoms with van der Waals surface area (Å²) in [6.45, 7) is 1.83. The van der Waals surface area contributed by atoms with Gasteiger partial charge in [0.05, 0.1) is 5.02 Å². The van der Waals surface area contributed by atoms with Gasteiger partial charge >= 0.3 is 0 Å². The summed E-state index contributed by atoms with van der Waals surface area (Å²) in [4.78, 5) is 15.6. The second-order valence-electron chi connectivity index (χ2n) is 6.87. The number of halogens is 1. The number of hydrogen-bond donors (Lipinski definition) is 1. The highest BCUT2D eigenvalue weighted by atomic mass is 35.5. The number of rotatable bonds is 3. The highest BCUT2D eigenvalue weighted by molar-refractivity contribution is 7.21. The molecule has 0 fully saturated rings. The molecule has 0 spiro atoms. The second kappa shape index (κ2) is 6.97. The van der Waals surface area contributed by atoms with Gasteiger partial charge in [-0.25, -0.2) is 0 Å². The number of nitrogens with one attached hydrogen (secondary N) is 1. The Morgan fingerprint density at radius 1 is 0.893 bits per heavy atom. The second-order valence-corrected chi connectivity index (χ2v) is 8.30. The molecule has 0 saturated heterocycles. The normalized spacial score (nSPS) is 13.0. The van der Waals surface area contributed by atoms with Crippen LogP contribution in [0.2, 0.25) is 5.02 Å². The molecule has 138 valence electrons. The van der Waals surface area contributed by atoms with Gasteiger partial charge in [0.25, 0.3) is 5.91 Å². The Kier molecular flexibility index (Phi) is 4.30. The maximum Gasteiger partial charge on any atom is 0.267 e. The first-order valence-corrected chi connectivity index (χ1v) is 10.3. The van der Waals surface area contributed by atoms with E-state index >= 15 is 0 Å². The number of benzene rings is 3. The first kappa shape index (κ1) is 17.3. The Labute approximate surface area is 172 Å². The highest BCUT2D eigenvalue weighted by Gasteiger charge is 2.19. The maximum absolute atomic E-state index is 12.7. The van der Waals surface area contributed by atoms with Crippen LogP contribution in [0.4, 0.5) is 11.4 Å². The van der Waals surface area contributed by atoms with Gasteiger partial charge in [0.15, 0.2) is 0 Å². The number of carbonyl (C=O) groups excluding carboxylic acids is 1. The number of carbonyl (C=O) groups is 1. The largest absolute Gasteiger partial charge is 0.363 e. The Morgan fingerprint density at radius 3 is 2.21 bits per heavy atom. The first-order valence-electron chi connectivity index (χ1n) is 9.09. The summed E-state index contributed by atoms with van der Waals surface area (Å²) in [5.74, 6) is -0.174. The molecule has 3 aromatic carbocycles. The minimum Gasteiger partial charge on any atom is -0.363 e. The van der Waals surface area contributed by atoms with Crippen molar-refractivity contribution >= 4 is 50.3 Å². The van der Waals surface area contributed by atoms with E-state index in [0.717, 1.165) is 34.6 Å². The minimum absolute atomic E-state index is 0.174. The van der Waals surface area contributed by atoms with Gasteiger partial charge in [-0.05, 0) is 41.5 Å². The molecule has 5 heteroatoms. The highest BCUT2D eigenvalue weighted by Crippen LogP contribution is 2.35. The van der Waals surface area contributed by atoms with Crippen LogP contribution in [0.25, 0.3) is 10.1 Å². The fourth-order valence-electron chi connectivity index (χ4n) is 3.62. The van der Waals surface area contributed by atoms with Crippen LogP contribution in [-0.4, -0.2) is 5.91 Å². The topological polar surface area (TPSA) is 32.3 Å². The van der Waals surface area contributed by atoms with Crippen molar-refractivity contribution in [1.82, 2.24) is 0 Å². The SMILES string of the molecule is O=C(Nc1ccc(N2Cc3ccccc3C2)cc1)c1sc2ccccc2c1Cl. The van der Waals surface area contributed by atoms with Crippen molar-refractivity contribution in [2.24, 2.45) is 0 Å². The van der Waals surface area contributed by atoms with Crippen LogP contribution in [0.3, 0.4) is 0 Å². The molecule has 28 heavy (non-hydrogen) atoms. The van der Waals surface area contributed by atoms with E-state index in [1.165, 1.54) is 22.5 Å². The quantitative estimate of drug-likeness (QED) is 0.433. The van der Waals surface area contributed by atoms with Crippen molar-refractivity contribution in [3.63, 3.8) is 0 Å². The molecule has 0 radical (unpaired) electrons. The molecule has 5 rings (SSSR count). The number of nitrogens with zero attached hydrogens (tertiary/aromatic N) is 1. The van der Waals surface area contributed by atoms with Crippen molar-refractivity contribution in [2.75, 3.05) is 10.2 Å². The Bertz CT molecular complexity index is 1160. The number of thiophene rings is 1. The summed E-state index contributed by atoms with van der Waals surface area (Å²) in [5.41, 5.74) is 4.66. The van der Waals surface area contributed by atoms with Crippen molar-refractivity contribution in [3.8, 4) is 0 Å². The molecule has 1 aromatic heterocycles. The van der Waals surface area contributed by atoms with Crippen LogP contribution in [0.5, 0.6) is 0 Å². The third-order valence-electron chi connectivity index (χ3n) is 5.07. The maximum atomic E-state index is 12.7. The third kappa shape index (κ3) is 3.05. The van der Waals surface area contributed by atoms with Gasteiger partial charge < -0.3 is 10.2 Å². The van der Waals surface area contributed by atoms with Gasteiger partial charge in [0.1, 0.15) is 4.88 Å². The van der Waals surface area contributed by atoms with Gasteiger partial charge in [-0.1, -0.05) is 54.1 Å². The van der Waals surface area contributed by atoms with Crippen molar-refractivity contribution in [3.05, 3.63) is 93.8 Å². The fourth-order valence-corrected chi connectivity index (χ4v) is 5.03. The molecule has 0 aliphatic carbocycles. The molecule has 1 aliphatic heterocycles. The standard InChI is InChI=1S/C23H17ClN2OS/c24-21-19-7-3-4-8-20(19)28-22(21)23(27)25-17-9-11-18(12-10-17)26-13-15-5-1-2-6-16(15)14-26/h1-12H,13-14H2,(H,25,27). The molecule has 1 aliphatic rings. The van der Waals surface area contributed by atoms with Crippen LogP contribution in [0.15, 0.2) is 72.8 Å². The van der Waals surface area contributed by atoms with E-state index in [9.17, 15) is 4.79 Å². The molecule has 3 nitrogen and oxygen atoms in total. The monoisotopic (exact) mass is 404 g/mol. The predicted molar refractivity (Wildman–Crippen MR) is 118 cm³/mol. The lowest BCUT2D eigenvalue weighted by Gasteiger charge is -2.18. The average Bonchev–Trinajstić information content (AvgIpc) is 3.30. The van der Waals surface area contributed by atoms with E-state index in [-0.39, 0.29) is 5.91 Å². The molecule has 1 N–H and O–H groups in total. The van der Waals surface area contributed by atoms with Crippen molar-refractivity contribution in [1.29, 1.82) is 0 Å². The Balaban J connectivity index is 1.32. The molecule has 1 amide bonds. The molecule has 0 bridgehead atoms. The zero-order valence-electron chi connectivity index (χ0n) is 15.0. The van der Waals surface area contributed by atoms with Crippen LogP contribution >= 0.6 is 22.9 Å². The zero-order valence-corrected chi connectivity index (χ0v) is 16.6. The molecule has 0 atom stereocenters. The molecule has 2 heterocycles. The number of anilines is 2. The van der Waals surface area contributed by atoms with Crippen LogP contribution in [0.1, 0.15) is 20.8 Å². The summed E-state index contributed by atoms with van der Waals surface area (Å²) in [6.07, 6.45) is 0. The van der Waals surface area contributed by atoms with Crippen molar-refractivity contribution in [2.45, 2.75) is 13.1 Å². The predicted octanol–water partition coefficient (Wildman–Crippen LogP) is 6.33. The fraction of sp³-hybridized carbons (Fsp3) is 0.0870. The summed E-state index contributed by atoms with van der Waals surface area (Å²) < 4.78 is 1.02. The number of fused-ring (bicyclic) bond motifs is 2. The molecule has 4 aromatic rings. The van der Waals surface area contributed by atoms with Gasteiger partial charge in [0.2, 0.25) is 0 Å². The molecular formula is C23H17ClN2OS. The summed E-state index contributed by atoms with van der Waals surface area (Å²) in [7, 11) is 0. The number of hydrogen-bond acceptors (Lipinski definition) is 3. The van der Waals surface area contributed by atoms with E-state index < -0.39 is 0 Å². The summed E-state index contributed by atoms with van der Waals surface area (Å²) >= 11 is 7.83. The minimum atomic E-state index is -0.174. The summed E-state index contributed by atoms with van der Waals surface area (Å²) in [5, 5.41) is 4.40. The van der Waals surface area contributed by atoms with E-state index in [4.69, 9.17) is 11.6 Å².